The molecule has 3 atom stereocenters. The van der Waals surface area contributed by atoms with E-state index in [1.54, 1.807) is 11.5 Å². The number of benzene rings is 1. The predicted molar refractivity (Wildman–Crippen MR) is 110 cm³/mol. The molecule has 134 valence electrons. The summed E-state index contributed by atoms with van der Waals surface area (Å²) in [6, 6.07) is 13.9. The van der Waals surface area contributed by atoms with Gasteiger partial charge in [-0.3, -0.25) is 4.98 Å². The number of nitriles is 1. The predicted octanol–water partition coefficient (Wildman–Crippen LogP) is 5.70. The molecule has 2 heterocycles. The summed E-state index contributed by atoms with van der Waals surface area (Å²) in [6.07, 6.45) is 7.31. The first-order chi connectivity index (χ1) is 13.2. The molecule has 1 aromatic carbocycles. The molecule has 1 aliphatic rings. The Morgan fingerprint density at radius 3 is 2.81 bits per heavy atom. The molecule has 0 amide bonds. The average Bonchev–Trinajstić information content (AvgIpc) is 3.16. The normalized spacial score (nSPS) is 21.7. The summed E-state index contributed by atoms with van der Waals surface area (Å²) in [5.74, 6) is 1.61. The van der Waals surface area contributed by atoms with Gasteiger partial charge in [0.05, 0.1) is 23.0 Å². The monoisotopic (exact) mass is 371 g/mol. The second kappa shape index (κ2) is 7.46. The average molecular weight is 372 g/mol. The Kier molecular flexibility index (Phi) is 4.87. The first-order valence-corrected chi connectivity index (χ1v) is 10.1. The van der Waals surface area contributed by atoms with Crippen LogP contribution in [0.4, 0.5) is 0 Å². The Balaban J connectivity index is 1.58. The van der Waals surface area contributed by atoms with E-state index in [-0.39, 0.29) is 0 Å². The summed E-state index contributed by atoms with van der Waals surface area (Å²) in [7, 11) is 0. The summed E-state index contributed by atoms with van der Waals surface area (Å²) >= 11 is 1.56. The van der Waals surface area contributed by atoms with Crippen molar-refractivity contribution in [2.45, 2.75) is 26.2 Å². The molecule has 0 fully saturated rings. The summed E-state index contributed by atoms with van der Waals surface area (Å²) in [5.41, 5.74) is 6.13. The molecule has 0 saturated carbocycles. The van der Waals surface area contributed by atoms with Gasteiger partial charge in [-0.15, -0.1) is 0 Å². The molecule has 4 heteroatoms. The minimum Gasteiger partial charge on any atom is -0.256 e. The topological polar surface area (TPSA) is 49.6 Å². The molecule has 0 spiro atoms. The number of hydrogen-bond acceptors (Lipinski definition) is 4. The van der Waals surface area contributed by atoms with Gasteiger partial charge in [0.2, 0.25) is 0 Å². The molecular weight excluding hydrogens is 350 g/mol. The Morgan fingerprint density at radius 2 is 2.04 bits per heavy atom. The van der Waals surface area contributed by atoms with Crippen LogP contribution in [-0.4, -0.2) is 9.36 Å². The molecule has 4 rings (SSSR count). The second-order valence-corrected chi connectivity index (χ2v) is 7.90. The fraction of sp³-hybridized carbons (Fsp3) is 0.261. The zero-order valence-electron chi connectivity index (χ0n) is 15.5. The molecule has 0 saturated heterocycles. The van der Waals surface area contributed by atoms with Gasteiger partial charge in [0.1, 0.15) is 0 Å². The largest absolute Gasteiger partial charge is 0.256 e. The van der Waals surface area contributed by atoms with E-state index in [0.29, 0.717) is 23.3 Å². The molecule has 2 aromatic heterocycles. The van der Waals surface area contributed by atoms with Crippen molar-refractivity contribution < 1.29 is 0 Å². The van der Waals surface area contributed by atoms with Gasteiger partial charge in [-0.2, -0.15) is 9.64 Å². The van der Waals surface area contributed by atoms with E-state index < -0.39 is 0 Å². The highest BCUT2D eigenvalue weighted by atomic mass is 32.1. The van der Waals surface area contributed by atoms with Crippen molar-refractivity contribution in [1.82, 2.24) is 9.36 Å². The number of fused-ring (bicyclic) bond motifs is 1. The highest BCUT2D eigenvalue weighted by Gasteiger charge is 2.31. The van der Waals surface area contributed by atoms with Crippen molar-refractivity contribution >= 4 is 17.6 Å². The fourth-order valence-electron chi connectivity index (χ4n) is 3.80. The second-order valence-electron chi connectivity index (χ2n) is 7.27. The van der Waals surface area contributed by atoms with Gasteiger partial charge < -0.3 is 0 Å². The van der Waals surface area contributed by atoms with Crippen LogP contribution in [0.15, 0.2) is 54.1 Å². The van der Waals surface area contributed by atoms with E-state index in [9.17, 15) is 5.26 Å². The maximum Gasteiger partial charge on any atom is 0.0998 e. The third-order valence-corrected chi connectivity index (χ3v) is 6.32. The lowest BCUT2D eigenvalue weighted by atomic mass is 9.73. The van der Waals surface area contributed by atoms with Crippen LogP contribution >= 0.6 is 11.5 Å². The van der Waals surface area contributed by atoms with E-state index >= 15 is 0 Å². The standard InChI is InChI=1S/C23H21N3S/c1-15-11-23-22(14-27-26-23)20(16(15)2)10-9-19-8-7-18(13-25-19)21-6-4-3-5-17(21)12-24/h3-10,13-16,20H,11H2,1-2H3/t15-,16+,20-/m0/s1. The van der Waals surface area contributed by atoms with E-state index in [1.165, 1.54) is 11.3 Å². The van der Waals surface area contributed by atoms with Crippen LogP contribution in [0.25, 0.3) is 17.2 Å². The quantitative estimate of drug-likeness (QED) is 0.593. The maximum absolute atomic E-state index is 9.29. The zero-order chi connectivity index (χ0) is 18.8. The molecule has 27 heavy (non-hydrogen) atoms. The maximum atomic E-state index is 9.29. The van der Waals surface area contributed by atoms with Gasteiger partial charge in [0, 0.05) is 28.6 Å². The Bertz CT molecular complexity index is 1010. The number of hydrogen-bond donors (Lipinski definition) is 0. The fourth-order valence-corrected chi connectivity index (χ4v) is 4.56. The van der Waals surface area contributed by atoms with E-state index in [0.717, 1.165) is 23.2 Å². The van der Waals surface area contributed by atoms with Gasteiger partial charge in [0.15, 0.2) is 0 Å². The van der Waals surface area contributed by atoms with Crippen molar-refractivity contribution in [2.24, 2.45) is 11.8 Å². The third kappa shape index (κ3) is 3.43. The molecule has 3 nitrogen and oxygen atoms in total. The highest BCUT2D eigenvalue weighted by molar-refractivity contribution is 7.03. The Hall–Kier alpha value is -2.77. The summed E-state index contributed by atoms with van der Waals surface area (Å²) < 4.78 is 4.57. The van der Waals surface area contributed by atoms with Gasteiger partial charge in [-0.05, 0) is 53.6 Å². The number of aromatic nitrogens is 2. The van der Waals surface area contributed by atoms with Crippen molar-refractivity contribution in [3.05, 3.63) is 76.6 Å². The first-order valence-electron chi connectivity index (χ1n) is 9.24. The summed E-state index contributed by atoms with van der Waals surface area (Å²) in [5, 5.41) is 11.5. The molecule has 1 aliphatic carbocycles. The minimum absolute atomic E-state index is 0.392. The van der Waals surface area contributed by atoms with Gasteiger partial charge in [0.25, 0.3) is 0 Å². The van der Waals surface area contributed by atoms with E-state index in [1.807, 2.05) is 42.6 Å². The van der Waals surface area contributed by atoms with Crippen LogP contribution in [0.3, 0.4) is 0 Å². The number of allylic oxidation sites excluding steroid dienone is 1. The molecule has 0 aliphatic heterocycles. The zero-order valence-corrected chi connectivity index (χ0v) is 16.3. The lowest BCUT2D eigenvalue weighted by molar-refractivity contribution is 0.330. The van der Waals surface area contributed by atoms with Crippen LogP contribution in [0.5, 0.6) is 0 Å². The Morgan fingerprint density at radius 1 is 1.19 bits per heavy atom. The SMILES string of the molecule is C[C@H]1[C@H](C=Cc2ccc(-c3ccccc3C#N)cn2)c2csnc2C[C@@H]1C. The van der Waals surface area contributed by atoms with Gasteiger partial charge in [-0.25, -0.2) is 0 Å². The molecule has 0 radical (unpaired) electrons. The third-order valence-electron chi connectivity index (χ3n) is 5.63. The summed E-state index contributed by atoms with van der Waals surface area (Å²) in [4.78, 5) is 4.59. The first kappa shape index (κ1) is 17.6. The van der Waals surface area contributed by atoms with Crippen LogP contribution < -0.4 is 0 Å². The van der Waals surface area contributed by atoms with Crippen LogP contribution in [-0.2, 0) is 6.42 Å². The van der Waals surface area contributed by atoms with Crippen LogP contribution in [0.1, 0.15) is 42.3 Å². The van der Waals surface area contributed by atoms with Crippen LogP contribution in [0, 0.1) is 23.2 Å². The number of rotatable bonds is 3. The van der Waals surface area contributed by atoms with Gasteiger partial charge in [-0.1, -0.05) is 44.2 Å². The molecule has 0 N–H and O–H groups in total. The molecule has 3 aromatic rings. The van der Waals surface area contributed by atoms with E-state index in [4.69, 9.17) is 0 Å². The molecular formula is C23H21N3S. The molecule has 0 bridgehead atoms. The smallest absolute Gasteiger partial charge is 0.0998 e. The van der Waals surface area contributed by atoms with Crippen molar-refractivity contribution in [3.8, 4) is 17.2 Å². The van der Waals surface area contributed by atoms with Crippen molar-refractivity contribution in [2.75, 3.05) is 0 Å². The van der Waals surface area contributed by atoms with Crippen molar-refractivity contribution in [1.29, 1.82) is 5.26 Å². The lowest BCUT2D eigenvalue weighted by Crippen LogP contribution is -2.24. The summed E-state index contributed by atoms with van der Waals surface area (Å²) in [6.45, 7) is 4.64. The van der Waals surface area contributed by atoms with Crippen molar-refractivity contribution in [3.63, 3.8) is 0 Å². The Labute approximate surface area is 164 Å². The molecule has 0 unspecified atom stereocenters. The highest BCUT2D eigenvalue weighted by Crippen LogP contribution is 2.40. The van der Waals surface area contributed by atoms with E-state index in [2.05, 4.69) is 46.8 Å². The minimum atomic E-state index is 0.392. The number of pyridine rings is 1. The number of nitrogens with zero attached hydrogens (tertiary/aromatic N) is 3. The van der Waals surface area contributed by atoms with Gasteiger partial charge >= 0.3 is 0 Å². The van der Waals surface area contributed by atoms with Crippen LogP contribution in [0.2, 0.25) is 0 Å². The lowest BCUT2D eigenvalue weighted by Gasteiger charge is -2.31.